The number of hydrogen-bond donors (Lipinski definition) is 0. The Morgan fingerprint density at radius 3 is 2.07 bits per heavy atom. The summed E-state index contributed by atoms with van der Waals surface area (Å²) in [5.41, 5.74) is 1.35. The van der Waals surface area contributed by atoms with Crippen LogP contribution in [0.25, 0.3) is 0 Å². The van der Waals surface area contributed by atoms with Gasteiger partial charge in [0.25, 0.3) is 0 Å². The first-order chi connectivity index (χ1) is 13.1. The van der Waals surface area contributed by atoms with Crippen molar-refractivity contribution >= 4 is 17.7 Å². The minimum atomic E-state index is -0.171. The lowest BCUT2D eigenvalue weighted by atomic mass is 9.81. The molecule has 5 nitrogen and oxygen atoms in total. The highest BCUT2D eigenvalue weighted by molar-refractivity contribution is 6.07. The van der Waals surface area contributed by atoms with E-state index in [9.17, 15) is 14.4 Å². The second-order valence-corrected chi connectivity index (χ2v) is 8.27. The van der Waals surface area contributed by atoms with Gasteiger partial charge in [-0.3, -0.25) is 19.3 Å². The van der Waals surface area contributed by atoms with E-state index in [0.717, 1.165) is 58.0 Å². The number of nitrogens with zero attached hydrogens (tertiary/aromatic N) is 2. The summed E-state index contributed by atoms with van der Waals surface area (Å²) < 4.78 is 0. The molecule has 4 rings (SSSR count). The molecule has 2 aliphatic heterocycles. The van der Waals surface area contributed by atoms with Crippen LogP contribution >= 0.6 is 0 Å². The van der Waals surface area contributed by atoms with Crippen LogP contribution < -0.4 is 0 Å². The molecule has 2 unspecified atom stereocenters. The lowest BCUT2D eigenvalue weighted by molar-refractivity contribution is -0.147. The van der Waals surface area contributed by atoms with Crippen LogP contribution in [-0.4, -0.2) is 47.2 Å². The molecule has 0 aromatic heterocycles. The topological polar surface area (TPSA) is 57.7 Å². The van der Waals surface area contributed by atoms with Crippen LogP contribution in [0, 0.1) is 17.8 Å². The molecule has 27 heavy (non-hydrogen) atoms. The van der Waals surface area contributed by atoms with Crippen molar-refractivity contribution in [1.82, 2.24) is 9.80 Å². The average molecular weight is 368 g/mol. The highest BCUT2D eigenvalue weighted by Gasteiger charge is 2.48. The number of amides is 3. The number of benzene rings is 1. The van der Waals surface area contributed by atoms with Gasteiger partial charge in [0.05, 0.1) is 11.8 Å². The molecule has 2 heterocycles. The minimum absolute atomic E-state index is 0.0615. The zero-order chi connectivity index (χ0) is 18.8. The molecule has 0 spiro atoms. The van der Waals surface area contributed by atoms with Gasteiger partial charge in [-0.05, 0) is 43.6 Å². The van der Waals surface area contributed by atoms with Crippen molar-refractivity contribution < 1.29 is 14.4 Å². The highest BCUT2D eigenvalue weighted by atomic mass is 16.2. The van der Waals surface area contributed by atoms with Crippen molar-refractivity contribution in [1.29, 1.82) is 0 Å². The first-order valence-electron chi connectivity index (χ1n) is 10.3. The Morgan fingerprint density at radius 1 is 0.889 bits per heavy atom. The molecule has 2 atom stereocenters. The third-order valence-electron chi connectivity index (χ3n) is 6.56. The Hall–Kier alpha value is -2.17. The fraction of sp³-hybridized carbons (Fsp3) is 0.591. The Bertz CT molecular complexity index is 686. The lowest BCUT2D eigenvalue weighted by Crippen LogP contribution is -2.46. The third-order valence-corrected chi connectivity index (χ3v) is 6.56. The van der Waals surface area contributed by atoms with Crippen molar-refractivity contribution in [3.8, 4) is 0 Å². The molecular weight excluding hydrogens is 340 g/mol. The van der Waals surface area contributed by atoms with Crippen LogP contribution in [0.15, 0.2) is 30.3 Å². The van der Waals surface area contributed by atoms with E-state index in [1.54, 1.807) is 0 Å². The molecule has 1 aromatic rings. The monoisotopic (exact) mass is 368 g/mol. The van der Waals surface area contributed by atoms with Crippen LogP contribution in [0.1, 0.15) is 44.1 Å². The summed E-state index contributed by atoms with van der Waals surface area (Å²) in [5.74, 6) is -0.0526. The van der Waals surface area contributed by atoms with Crippen molar-refractivity contribution in [2.24, 2.45) is 17.8 Å². The SMILES string of the molecule is O=C(CN1C(=O)C2CCCCC2C1=O)N1CCC(Cc2ccccc2)CC1. The van der Waals surface area contributed by atoms with E-state index in [1.807, 2.05) is 11.0 Å². The quantitative estimate of drug-likeness (QED) is 0.768. The van der Waals surface area contributed by atoms with Gasteiger partial charge in [-0.15, -0.1) is 0 Å². The largest absolute Gasteiger partial charge is 0.341 e. The van der Waals surface area contributed by atoms with E-state index in [-0.39, 0.29) is 36.1 Å². The molecule has 1 saturated carbocycles. The molecule has 0 radical (unpaired) electrons. The summed E-state index contributed by atoms with van der Waals surface area (Å²) >= 11 is 0. The molecule has 144 valence electrons. The summed E-state index contributed by atoms with van der Waals surface area (Å²) in [6.07, 6.45) is 6.63. The number of piperidine rings is 1. The molecule has 1 aliphatic carbocycles. The van der Waals surface area contributed by atoms with Crippen molar-refractivity contribution in [2.75, 3.05) is 19.6 Å². The van der Waals surface area contributed by atoms with E-state index in [0.29, 0.717) is 5.92 Å². The number of rotatable bonds is 4. The highest BCUT2D eigenvalue weighted by Crippen LogP contribution is 2.38. The summed E-state index contributed by atoms with van der Waals surface area (Å²) in [6, 6.07) is 10.5. The Labute approximate surface area is 160 Å². The van der Waals surface area contributed by atoms with Gasteiger partial charge >= 0.3 is 0 Å². The second-order valence-electron chi connectivity index (χ2n) is 8.27. The smallest absolute Gasteiger partial charge is 0.242 e. The maximum absolute atomic E-state index is 12.7. The molecule has 5 heteroatoms. The molecule has 0 N–H and O–H groups in total. The van der Waals surface area contributed by atoms with Gasteiger partial charge < -0.3 is 4.90 Å². The number of carbonyl (C=O) groups is 3. The first-order valence-corrected chi connectivity index (χ1v) is 10.3. The summed E-state index contributed by atoms with van der Waals surface area (Å²) in [7, 11) is 0. The molecule has 2 saturated heterocycles. The van der Waals surface area contributed by atoms with Crippen molar-refractivity contribution in [2.45, 2.75) is 44.9 Å². The summed E-state index contributed by atoms with van der Waals surface area (Å²) in [4.78, 5) is 40.9. The number of fused-ring (bicyclic) bond motifs is 1. The van der Waals surface area contributed by atoms with Crippen LogP contribution in [0.4, 0.5) is 0 Å². The summed E-state index contributed by atoms with van der Waals surface area (Å²) in [6.45, 7) is 1.38. The predicted molar refractivity (Wildman–Crippen MR) is 102 cm³/mol. The van der Waals surface area contributed by atoms with E-state index in [4.69, 9.17) is 0 Å². The van der Waals surface area contributed by atoms with E-state index >= 15 is 0 Å². The maximum atomic E-state index is 12.7. The Kier molecular flexibility index (Phi) is 5.28. The van der Waals surface area contributed by atoms with Crippen molar-refractivity contribution in [3.63, 3.8) is 0 Å². The molecule has 0 bridgehead atoms. The van der Waals surface area contributed by atoms with Crippen LogP contribution in [0.3, 0.4) is 0 Å². The van der Waals surface area contributed by atoms with E-state index in [1.165, 1.54) is 10.5 Å². The van der Waals surface area contributed by atoms with Gasteiger partial charge in [0, 0.05) is 13.1 Å². The molecule has 3 amide bonds. The average Bonchev–Trinajstić information content (AvgIpc) is 2.94. The van der Waals surface area contributed by atoms with E-state index < -0.39 is 0 Å². The number of carbonyl (C=O) groups excluding carboxylic acids is 3. The zero-order valence-electron chi connectivity index (χ0n) is 15.8. The zero-order valence-corrected chi connectivity index (χ0v) is 15.8. The predicted octanol–water partition coefficient (Wildman–Crippen LogP) is 2.64. The Balaban J connectivity index is 1.29. The molecule has 3 fully saturated rings. The van der Waals surface area contributed by atoms with Gasteiger partial charge in [0.15, 0.2) is 0 Å². The van der Waals surface area contributed by atoms with Gasteiger partial charge in [0.1, 0.15) is 6.54 Å². The first kappa shape index (κ1) is 18.2. The fourth-order valence-corrected chi connectivity index (χ4v) is 4.96. The van der Waals surface area contributed by atoms with Gasteiger partial charge in [-0.2, -0.15) is 0 Å². The van der Waals surface area contributed by atoms with Gasteiger partial charge in [-0.25, -0.2) is 0 Å². The van der Waals surface area contributed by atoms with Crippen LogP contribution in [0.2, 0.25) is 0 Å². The molecular formula is C22H28N2O3. The molecule has 3 aliphatic rings. The van der Waals surface area contributed by atoms with Crippen LogP contribution in [-0.2, 0) is 20.8 Å². The second kappa shape index (κ2) is 7.83. The maximum Gasteiger partial charge on any atom is 0.242 e. The van der Waals surface area contributed by atoms with Gasteiger partial charge in [-0.1, -0.05) is 43.2 Å². The number of imide groups is 1. The number of hydrogen-bond acceptors (Lipinski definition) is 3. The molecule has 1 aromatic carbocycles. The van der Waals surface area contributed by atoms with E-state index in [2.05, 4.69) is 24.3 Å². The fourth-order valence-electron chi connectivity index (χ4n) is 4.96. The van der Waals surface area contributed by atoms with Crippen LogP contribution in [0.5, 0.6) is 0 Å². The minimum Gasteiger partial charge on any atom is -0.341 e. The number of likely N-dealkylation sites (tertiary alicyclic amines) is 2. The standard InChI is InChI=1S/C22H28N2O3/c25-20(15-24-21(26)18-8-4-5-9-19(18)22(24)27)23-12-10-17(11-13-23)14-16-6-2-1-3-7-16/h1-3,6-7,17-19H,4-5,8-15H2. The third kappa shape index (κ3) is 3.78. The normalized spacial score (nSPS) is 26.4. The Morgan fingerprint density at radius 2 is 1.48 bits per heavy atom. The van der Waals surface area contributed by atoms with Crippen molar-refractivity contribution in [3.05, 3.63) is 35.9 Å². The summed E-state index contributed by atoms with van der Waals surface area (Å²) in [5, 5.41) is 0. The van der Waals surface area contributed by atoms with Gasteiger partial charge in [0.2, 0.25) is 17.7 Å². The lowest BCUT2D eigenvalue weighted by Gasteiger charge is -2.33.